The predicted molar refractivity (Wildman–Crippen MR) is 62.0 cm³/mol. The van der Waals surface area contributed by atoms with Crippen molar-refractivity contribution in [3.05, 3.63) is 29.8 Å². The summed E-state index contributed by atoms with van der Waals surface area (Å²) in [6.07, 6.45) is 1.62. The van der Waals surface area contributed by atoms with Gasteiger partial charge in [0, 0.05) is 13.2 Å². The van der Waals surface area contributed by atoms with E-state index in [0.717, 1.165) is 12.8 Å². The van der Waals surface area contributed by atoms with Crippen LogP contribution in [0.5, 0.6) is 0 Å². The minimum absolute atomic E-state index is 0.0835. The van der Waals surface area contributed by atoms with Crippen LogP contribution in [-0.4, -0.2) is 29.1 Å². The molecule has 2 N–H and O–H groups in total. The monoisotopic (exact) mass is 240 g/mol. The van der Waals surface area contributed by atoms with Crippen LogP contribution in [0, 0.1) is 11.9 Å². The Bertz CT molecular complexity index is 371. The lowest BCUT2D eigenvalue weighted by atomic mass is 10.1. The van der Waals surface area contributed by atoms with Gasteiger partial charge < -0.3 is 10.4 Å². The minimum Gasteiger partial charge on any atom is -0.396 e. The summed E-state index contributed by atoms with van der Waals surface area (Å²) in [5.41, 5.74) is 0.0835. The van der Waals surface area contributed by atoms with Gasteiger partial charge in [-0.3, -0.25) is 4.79 Å². The number of carbonyl (C=O) groups is 1. The van der Waals surface area contributed by atoms with Gasteiger partial charge in [-0.2, -0.15) is 4.39 Å². The molecular formula is C12H17FN2O2. The van der Waals surface area contributed by atoms with Crippen molar-refractivity contribution in [2.75, 3.05) is 13.2 Å². The van der Waals surface area contributed by atoms with Crippen LogP contribution in [0.1, 0.15) is 30.3 Å². The molecule has 0 spiro atoms. The summed E-state index contributed by atoms with van der Waals surface area (Å²) in [6, 6.07) is 4.11. The van der Waals surface area contributed by atoms with E-state index < -0.39 is 5.95 Å². The van der Waals surface area contributed by atoms with Crippen molar-refractivity contribution >= 4 is 5.91 Å². The fourth-order valence-corrected chi connectivity index (χ4v) is 1.37. The number of amides is 1. The normalized spacial score (nSPS) is 12.2. The third-order valence-corrected chi connectivity index (χ3v) is 2.42. The molecule has 0 radical (unpaired) electrons. The summed E-state index contributed by atoms with van der Waals surface area (Å²) in [5, 5.41) is 11.5. The Morgan fingerprint density at radius 3 is 3.00 bits per heavy atom. The van der Waals surface area contributed by atoms with E-state index in [1.54, 1.807) is 0 Å². The van der Waals surface area contributed by atoms with Crippen LogP contribution in [0.2, 0.25) is 0 Å². The summed E-state index contributed by atoms with van der Waals surface area (Å²) in [4.78, 5) is 15.0. The van der Waals surface area contributed by atoms with E-state index in [1.165, 1.54) is 18.2 Å². The number of aliphatic hydroxyl groups excluding tert-OH is 1. The molecule has 0 aromatic carbocycles. The molecular weight excluding hydrogens is 223 g/mol. The van der Waals surface area contributed by atoms with E-state index in [2.05, 4.69) is 10.3 Å². The molecule has 5 heteroatoms. The number of halogens is 1. The van der Waals surface area contributed by atoms with Crippen LogP contribution in [0.4, 0.5) is 4.39 Å². The zero-order valence-electron chi connectivity index (χ0n) is 9.82. The van der Waals surface area contributed by atoms with Crippen molar-refractivity contribution in [1.29, 1.82) is 0 Å². The highest BCUT2D eigenvalue weighted by atomic mass is 19.1. The molecule has 0 aliphatic rings. The maximum atomic E-state index is 12.7. The van der Waals surface area contributed by atoms with Crippen molar-refractivity contribution in [3.8, 4) is 0 Å². The largest absolute Gasteiger partial charge is 0.396 e. The third-order valence-electron chi connectivity index (χ3n) is 2.42. The van der Waals surface area contributed by atoms with Gasteiger partial charge in [0.2, 0.25) is 5.95 Å². The highest BCUT2D eigenvalue weighted by Crippen LogP contribution is 2.03. The standard InChI is InChI=1S/C12H17FN2O2/c1-9(8-16)4-3-7-14-12(17)10-5-2-6-11(13)15-10/h2,5-6,9,16H,3-4,7-8H2,1H3,(H,14,17). The second-order valence-corrected chi connectivity index (χ2v) is 4.03. The first-order valence-electron chi connectivity index (χ1n) is 5.65. The number of nitrogens with one attached hydrogen (secondary N) is 1. The van der Waals surface area contributed by atoms with E-state index >= 15 is 0 Å². The van der Waals surface area contributed by atoms with Gasteiger partial charge >= 0.3 is 0 Å². The average molecular weight is 240 g/mol. The number of hydrogen-bond acceptors (Lipinski definition) is 3. The van der Waals surface area contributed by atoms with Gasteiger partial charge in [-0.25, -0.2) is 4.98 Å². The van der Waals surface area contributed by atoms with Crippen LogP contribution in [-0.2, 0) is 0 Å². The Morgan fingerprint density at radius 2 is 2.35 bits per heavy atom. The molecule has 1 heterocycles. The molecule has 94 valence electrons. The molecule has 0 saturated carbocycles. The number of aliphatic hydroxyl groups is 1. The zero-order valence-corrected chi connectivity index (χ0v) is 9.82. The van der Waals surface area contributed by atoms with Gasteiger partial charge in [0.1, 0.15) is 5.69 Å². The fourth-order valence-electron chi connectivity index (χ4n) is 1.37. The number of pyridine rings is 1. The predicted octanol–water partition coefficient (Wildman–Crippen LogP) is 1.36. The van der Waals surface area contributed by atoms with Crippen molar-refractivity contribution in [1.82, 2.24) is 10.3 Å². The van der Waals surface area contributed by atoms with E-state index in [9.17, 15) is 9.18 Å². The van der Waals surface area contributed by atoms with E-state index in [-0.39, 0.29) is 24.1 Å². The number of aromatic nitrogens is 1. The van der Waals surface area contributed by atoms with Gasteiger partial charge in [-0.05, 0) is 30.9 Å². The Hall–Kier alpha value is -1.49. The molecule has 1 aromatic heterocycles. The van der Waals surface area contributed by atoms with Crippen molar-refractivity contribution in [3.63, 3.8) is 0 Å². The maximum Gasteiger partial charge on any atom is 0.269 e. The van der Waals surface area contributed by atoms with Gasteiger partial charge in [-0.15, -0.1) is 0 Å². The van der Waals surface area contributed by atoms with E-state index in [4.69, 9.17) is 5.11 Å². The Kier molecular flexibility index (Phi) is 5.56. The molecule has 1 atom stereocenters. The smallest absolute Gasteiger partial charge is 0.269 e. The summed E-state index contributed by atoms with van der Waals surface area (Å²) in [5.74, 6) is -0.799. The van der Waals surface area contributed by atoms with Crippen molar-refractivity contribution in [2.24, 2.45) is 5.92 Å². The molecule has 4 nitrogen and oxygen atoms in total. The van der Waals surface area contributed by atoms with Crippen molar-refractivity contribution < 1.29 is 14.3 Å². The topological polar surface area (TPSA) is 62.2 Å². The second kappa shape index (κ2) is 6.96. The quantitative estimate of drug-likeness (QED) is 0.583. The fraction of sp³-hybridized carbons (Fsp3) is 0.500. The summed E-state index contributed by atoms with van der Waals surface area (Å²) >= 11 is 0. The van der Waals surface area contributed by atoms with Gasteiger partial charge in [0.15, 0.2) is 0 Å². The SMILES string of the molecule is CC(CO)CCCNC(=O)c1cccc(F)n1. The number of nitrogens with zero attached hydrogens (tertiary/aromatic N) is 1. The molecule has 1 rings (SSSR count). The number of rotatable bonds is 6. The van der Waals surface area contributed by atoms with Crippen LogP contribution in [0.3, 0.4) is 0 Å². The first kappa shape index (κ1) is 13.6. The molecule has 1 unspecified atom stereocenters. The summed E-state index contributed by atoms with van der Waals surface area (Å²) in [7, 11) is 0. The van der Waals surface area contributed by atoms with Crippen LogP contribution in [0.15, 0.2) is 18.2 Å². The molecule has 0 saturated heterocycles. The molecule has 0 fully saturated rings. The lowest BCUT2D eigenvalue weighted by Gasteiger charge is -2.08. The Morgan fingerprint density at radius 1 is 1.59 bits per heavy atom. The zero-order chi connectivity index (χ0) is 12.7. The molecule has 1 amide bonds. The summed E-state index contributed by atoms with van der Waals surface area (Å²) in [6.45, 7) is 2.59. The molecule has 17 heavy (non-hydrogen) atoms. The molecule has 0 aliphatic carbocycles. The first-order valence-corrected chi connectivity index (χ1v) is 5.65. The third kappa shape index (κ3) is 4.91. The van der Waals surface area contributed by atoms with Crippen LogP contribution in [0.25, 0.3) is 0 Å². The highest BCUT2D eigenvalue weighted by molar-refractivity contribution is 5.92. The van der Waals surface area contributed by atoms with Crippen LogP contribution >= 0.6 is 0 Å². The maximum absolute atomic E-state index is 12.7. The minimum atomic E-state index is -0.661. The van der Waals surface area contributed by atoms with Crippen molar-refractivity contribution in [2.45, 2.75) is 19.8 Å². The second-order valence-electron chi connectivity index (χ2n) is 4.03. The van der Waals surface area contributed by atoms with Gasteiger partial charge in [0.25, 0.3) is 5.91 Å². The number of hydrogen-bond donors (Lipinski definition) is 2. The Labute approximate surface area is 99.9 Å². The molecule has 0 aliphatic heterocycles. The summed E-state index contributed by atoms with van der Waals surface area (Å²) < 4.78 is 12.7. The van der Waals surface area contributed by atoms with E-state index in [1.807, 2.05) is 6.92 Å². The lowest BCUT2D eigenvalue weighted by molar-refractivity contribution is 0.0946. The lowest BCUT2D eigenvalue weighted by Crippen LogP contribution is -2.26. The van der Waals surface area contributed by atoms with Gasteiger partial charge in [0.05, 0.1) is 0 Å². The average Bonchev–Trinajstić information content (AvgIpc) is 2.34. The van der Waals surface area contributed by atoms with Crippen LogP contribution < -0.4 is 5.32 Å². The number of carbonyl (C=O) groups excluding carboxylic acids is 1. The van der Waals surface area contributed by atoms with Gasteiger partial charge in [-0.1, -0.05) is 13.0 Å². The Balaban J connectivity index is 2.30. The first-order chi connectivity index (χ1) is 8.13. The van der Waals surface area contributed by atoms with E-state index in [0.29, 0.717) is 6.54 Å². The molecule has 1 aromatic rings. The highest BCUT2D eigenvalue weighted by Gasteiger charge is 2.07. The molecule has 0 bridgehead atoms.